The second-order valence-corrected chi connectivity index (χ2v) is 2.32. The van der Waals surface area contributed by atoms with E-state index in [2.05, 4.69) is 0 Å². The Morgan fingerprint density at radius 3 is 2.25 bits per heavy atom. The van der Waals surface area contributed by atoms with Gasteiger partial charge in [-0.05, 0) is 6.92 Å². The van der Waals surface area contributed by atoms with Gasteiger partial charge in [-0.15, -0.1) is 0 Å². The first kappa shape index (κ1) is 7.69. The summed E-state index contributed by atoms with van der Waals surface area (Å²) >= 11 is 0. The lowest BCUT2D eigenvalue weighted by Crippen LogP contribution is -2.29. The third-order valence-electron chi connectivity index (χ3n) is 1.21. The molecule has 0 bridgehead atoms. The Labute approximate surface area is 53.3 Å². The molecular formula is C5H13NOSi. The summed E-state index contributed by atoms with van der Waals surface area (Å²) in [5.74, 6) is 0.197. The largest absolute Gasteiger partial charge is 0.347 e. The molecule has 3 heteroatoms. The second-order valence-electron chi connectivity index (χ2n) is 1.69. The van der Waals surface area contributed by atoms with Gasteiger partial charge in [-0.2, -0.15) is 0 Å². The number of hydrogen-bond donors (Lipinski definition) is 0. The Morgan fingerprint density at radius 2 is 2.25 bits per heavy atom. The molecule has 8 heavy (non-hydrogen) atoms. The standard InChI is InChI=1S/C5H13NOSi/c1-3-6(4-8)5(2)7/h3-4H2,1-2,8H3. The van der Waals surface area contributed by atoms with Crippen LogP contribution >= 0.6 is 0 Å². The van der Waals surface area contributed by atoms with Crippen LogP contribution in [0.4, 0.5) is 0 Å². The van der Waals surface area contributed by atoms with Gasteiger partial charge in [0, 0.05) is 29.9 Å². The van der Waals surface area contributed by atoms with Gasteiger partial charge in [-0.25, -0.2) is 0 Å². The zero-order chi connectivity index (χ0) is 6.57. The molecule has 0 spiro atoms. The van der Waals surface area contributed by atoms with E-state index in [1.54, 1.807) is 6.92 Å². The highest BCUT2D eigenvalue weighted by Gasteiger charge is 1.99. The van der Waals surface area contributed by atoms with Crippen molar-refractivity contribution in [1.29, 1.82) is 0 Å². The zero-order valence-electron chi connectivity index (χ0n) is 5.77. The van der Waals surface area contributed by atoms with E-state index in [1.165, 1.54) is 0 Å². The third-order valence-corrected chi connectivity index (χ3v) is 1.97. The molecule has 0 aliphatic rings. The van der Waals surface area contributed by atoms with Crippen LogP contribution in [-0.4, -0.2) is 33.8 Å². The minimum atomic E-state index is 0.197. The second kappa shape index (κ2) is 3.66. The van der Waals surface area contributed by atoms with Gasteiger partial charge in [0.1, 0.15) is 0 Å². The number of carbonyl (C=O) groups excluding carboxylic acids is 1. The first-order chi connectivity index (χ1) is 3.72. The molecule has 0 aromatic rings. The van der Waals surface area contributed by atoms with Crippen LogP contribution in [0.25, 0.3) is 0 Å². The first-order valence-corrected chi connectivity index (χ1v) is 4.39. The van der Waals surface area contributed by atoms with E-state index in [4.69, 9.17) is 0 Å². The maximum absolute atomic E-state index is 10.6. The Hall–Kier alpha value is -0.313. The molecule has 0 saturated carbocycles. The van der Waals surface area contributed by atoms with E-state index in [1.807, 2.05) is 11.8 Å². The van der Waals surface area contributed by atoms with Crippen LogP contribution in [0.3, 0.4) is 0 Å². The SMILES string of the molecule is CCN(C[SiH3])C(C)=O. The molecule has 0 aliphatic heterocycles. The van der Waals surface area contributed by atoms with Crippen molar-refractivity contribution in [3.63, 3.8) is 0 Å². The van der Waals surface area contributed by atoms with Crippen LogP contribution in [0.1, 0.15) is 13.8 Å². The highest BCUT2D eigenvalue weighted by molar-refractivity contribution is 6.09. The van der Waals surface area contributed by atoms with Gasteiger partial charge in [0.05, 0.1) is 0 Å². The van der Waals surface area contributed by atoms with Crippen molar-refractivity contribution >= 4 is 16.1 Å². The van der Waals surface area contributed by atoms with Crippen molar-refractivity contribution in [1.82, 2.24) is 4.90 Å². The number of amides is 1. The average Bonchev–Trinajstić information content (AvgIpc) is 1.69. The fourth-order valence-corrected chi connectivity index (χ4v) is 1.56. The molecule has 0 rings (SSSR count). The molecule has 0 unspecified atom stereocenters. The lowest BCUT2D eigenvalue weighted by molar-refractivity contribution is -0.127. The van der Waals surface area contributed by atoms with Crippen LogP contribution < -0.4 is 0 Å². The summed E-state index contributed by atoms with van der Waals surface area (Å²) < 4.78 is 0. The van der Waals surface area contributed by atoms with E-state index in [0.717, 1.165) is 23.0 Å². The maximum Gasteiger partial charge on any atom is 0.219 e. The fourth-order valence-electron chi connectivity index (χ4n) is 0.669. The Bertz CT molecular complexity index is 80.5. The van der Waals surface area contributed by atoms with Gasteiger partial charge in [-0.3, -0.25) is 4.79 Å². The monoisotopic (exact) mass is 131 g/mol. The normalized spacial score (nSPS) is 9.25. The molecular weight excluding hydrogens is 118 g/mol. The molecule has 2 nitrogen and oxygen atoms in total. The molecule has 48 valence electrons. The van der Waals surface area contributed by atoms with Crippen LogP contribution in [0.2, 0.25) is 0 Å². The van der Waals surface area contributed by atoms with Gasteiger partial charge >= 0.3 is 0 Å². The summed E-state index contributed by atoms with van der Waals surface area (Å²) in [6.45, 7) is 4.47. The highest BCUT2D eigenvalue weighted by atomic mass is 28.1. The lowest BCUT2D eigenvalue weighted by atomic mass is 10.6. The molecule has 0 atom stereocenters. The van der Waals surface area contributed by atoms with Gasteiger partial charge < -0.3 is 4.90 Å². The Balaban J connectivity index is 3.52. The highest BCUT2D eigenvalue weighted by Crippen LogP contribution is 1.82. The van der Waals surface area contributed by atoms with Crippen molar-refractivity contribution in [3.8, 4) is 0 Å². The molecule has 0 aromatic heterocycles. The first-order valence-electron chi connectivity index (χ1n) is 2.97. The van der Waals surface area contributed by atoms with E-state index < -0.39 is 0 Å². The lowest BCUT2D eigenvalue weighted by Gasteiger charge is -2.14. The summed E-state index contributed by atoms with van der Waals surface area (Å²) in [5.41, 5.74) is 0. The van der Waals surface area contributed by atoms with Gasteiger partial charge in [0.25, 0.3) is 0 Å². The number of carbonyl (C=O) groups is 1. The summed E-state index contributed by atoms with van der Waals surface area (Å²) in [5, 5.41) is 0. The van der Waals surface area contributed by atoms with E-state index in [0.29, 0.717) is 0 Å². The van der Waals surface area contributed by atoms with E-state index in [-0.39, 0.29) is 5.91 Å². The van der Waals surface area contributed by atoms with E-state index in [9.17, 15) is 4.79 Å². The van der Waals surface area contributed by atoms with Gasteiger partial charge in [0.15, 0.2) is 0 Å². The smallest absolute Gasteiger partial charge is 0.219 e. The quantitative estimate of drug-likeness (QED) is 0.448. The molecule has 0 N–H and O–H groups in total. The molecule has 0 saturated heterocycles. The molecule has 1 amide bonds. The number of nitrogens with zero attached hydrogens (tertiary/aromatic N) is 1. The van der Waals surface area contributed by atoms with Gasteiger partial charge in [-0.1, -0.05) is 0 Å². The van der Waals surface area contributed by atoms with E-state index >= 15 is 0 Å². The molecule has 0 fully saturated rings. The summed E-state index contributed by atoms with van der Waals surface area (Å²) in [7, 11) is 1.08. The van der Waals surface area contributed by atoms with Crippen molar-refractivity contribution in [2.24, 2.45) is 0 Å². The topological polar surface area (TPSA) is 20.3 Å². The molecule has 0 heterocycles. The van der Waals surface area contributed by atoms with Crippen LogP contribution in [0, 0.1) is 0 Å². The van der Waals surface area contributed by atoms with Crippen LogP contribution in [-0.2, 0) is 4.79 Å². The Kier molecular flexibility index (Phi) is 3.52. The van der Waals surface area contributed by atoms with Gasteiger partial charge in [0.2, 0.25) is 5.91 Å². The summed E-state index contributed by atoms with van der Waals surface area (Å²) in [6.07, 6.45) is 0.964. The summed E-state index contributed by atoms with van der Waals surface area (Å²) in [4.78, 5) is 12.4. The predicted octanol–water partition coefficient (Wildman–Crippen LogP) is -0.822. The number of rotatable bonds is 2. The predicted molar refractivity (Wildman–Crippen MR) is 37.9 cm³/mol. The summed E-state index contributed by atoms with van der Waals surface area (Å²) in [6, 6.07) is 0. The number of hydrogen-bond acceptors (Lipinski definition) is 1. The third kappa shape index (κ3) is 2.11. The minimum absolute atomic E-state index is 0.197. The van der Waals surface area contributed by atoms with Crippen molar-refractivity contribution in [2.75, 3.05) is 12.7 Å². The molecule has 0 aromatic carbocycles. The van der Waals surface area contributed by atoms with Crippen molar-refractivity contribution < 1.29 is 4.79 Å². The van der Waals surface area contributed by atoms with Crippen molar-refractivity contribution in [3.05, 3.63) is 0 Å². The van der Waals surface area contributed by atoms with Crippen LogP contribution in [0.15, 0.2) is 0 Å². The van der Waals surface area contributed by atoms with Crippen molar-refractivity contribution in [2.45, 2.75) is 13.8 Å². The minimum Gasteiger partial charge on any atom is -0.347 e. The molecule has 0 aliphatic carbocycles. The van der Waals surface area contributed by atoms with Crippen LogP contribution in [0.5, 0.6) is 0 Å². The fraction of sp³-hybridized carbons (Fsp3) is 0.800. The Morgan fingerprint density at radius 1 is 1.75 bits per heavy atom. The zero-order valence-corrected chi connectivity index (χ0v) is 7.77. The average molecular weight is 131 g/mol. The molecule has 0 radical (unpaired) electrons. The maximum atomic E-state index is 10.6.